The number of fused-ring (bicyclic) bond motifs is 3. The van der Waals surface area contributed by atoms with E-state index in [0.29, 0.717) is 24.2 Å². The highest BCUT2D eigenvalue weighted by atomic mass is 127. The molecule has 40 heavy (non-hydrogen) atoms. The van der Waals surface area contributed by atoms with Crippen LogP contribution in [0.25, 0.3) is 16.9 Å². The summed E-state index contributed by atoms with van der Waals surface area (Å²) in [6.07, 6.45) is 10.1. The number of anilines is 2. The molecule has 5 atom stereocenters. The van der Waals surface area contributed by atoms with Gasteiger partial charge in [0.05, 0.1) is 48.6 Å². The van der Waals surface area contributed by atoms with Crippen LogP contribution in [0.4, 0.5) is 11.5 Å². The molecule has 216 valence electrons. The normalized spacial score (nSPS) is 29.2. The molecule has 0 aliphatic carbocycles. The minimum absolute atomic E-state index is 0.0124. The van der Waals surface area contributed by atoms with Gasteiger partial charge in [-0.25, -0.2) is 9.67 Å². The fraction of sp³-hybridized carbons (Fsp3) is 0.690. The first-order valence-electron chi connectivity index (χ1n) is 15.0. The monoisotopic (exact) mass is 661 g/mol. The Morgan fingerprint density at radius 2 is 1.88 bits per heavy atom. The van der Waals surface area contributed by atoms with Crippen molar-refractivity contribution in [2.24, 2.45) is 0 Å². The molecule has 0 amide bonds. The second-order valence-corrected chi connectivity index (χ2v) is 13.1. The van der Waals surface area contributed by atoms with Crippen LogP contribution in [0.15, 0.2) is 18.3 Å². The quantitative estimate of drug-likeness (QED) is 0.339. The van der Waals surface area contributed by atoms with Crippen LogP contribution in [0.5, 0.6) is 0 Å². The largest absolute Gasteiger partial charge is 0.377 e. The molecular weight excluding hydrogens is 621 g/mol. The molecule has 3 aromatic heterocycles. The molecule has 4 unspecified atom stereocenters. The second kappa shape index (κ2) is 11.0. The maximum Gasteiger partial charge on any atom is 0.177 e. The van der Waals surface area contributed by atoms with Gasteiger partial charge < -0.3 is 24.0 Å². The van der Waals surface area contributed by atoms with Gasteiger partial charge >= 0.3 is 0 Å². The Kier molecular flexibility index (Phi) is 7.42. The zero-order valence-corrected chi connectivity index (χ0v) is 25.9. The summed E-state index contributed by atoms with van der Waals surface area (Å²) < 4.78 is 23.0. The number of hydrogen-bond donors (Lipinski definition) is 0. The number of ether oxygens (including phenoxy) is 3. The molecule has 3 aromatic rings. The molecule has 0 radical (unpaired) electrons. The Balaban J connectivity index is 1.31. The van der Waals surface area contributed by atoms with Gasteiger partial charge in [0.2, 0.25) is 0 Å². The van der Waals surface area contributed by atoms with Crippen molar-refractivity contribution in [3.05, 3.63) is 22.0 Å². The van der Waals surface area contributed by atoms with Crippen LogP contribution in [0.1, 0.15) is 71.9 Å². The summed E-state index contributed by atoms with van der Waals surface area (Å²) in [6.45, 7) is 9.85. The van der Waals surface area contributed by atoms with Crippen LogP contribution in [0.2, 0.25) is 0 Å². The third-order valence-corrected chi connectivity index (χ3v) is 9.68. The second-order valence-electron chi connectivity index (χ2n) is 12.1. The molecule has 0 N–H and O–H groups in total. The molecule has 7 heterocycles. The third-order valence-electron chi connectivity index (χ3n) is 8.93. The zero-order chi connectivity index (χ0) is 27.4. The lowest BCUT2D eigenvalue weighted by atomic mass is 9.99. The third kappa shape index (κ3) is 4.90. The molecule has 0 aromatic carbocycles. The highest BCUT2D eigenvalue weighted by Crippen LogP contribution is 2.41. The minimum Gasteiger partial charge on any atom is -0.377 e. The van der Waals surface area contributed by atoms with Crippen LogP contribution in [0, 0.1) is 3.70 Å². The van der Waals surface area contributed by atoms with E-state index in [1.165, 1.54) is 5.69 Å². The minimum atomic E-state index is -0.0124. The SMILES string of the molecule is CC(C)OC1CCN(c2cc(N3C4CCC3COC4)nc3c2c(I)nn3-c2ccn(C3CCCCO3)n2)[C@H](C)C1. The van der Waals surface area contributed by atoms with Crippen molar-refractivity contribution in [3.8, 4) is 5.82 Å². The molecule has 0 spiro atoms. The molecule has 4 saturated heterocycles. The van der Waals surface area contributed by atoms with Crippen molar-refractivity contribution in [2.45, 2.75) is 102 Å². The zero-order valence-electron chi connectivity index (χ0n) is 23.7. The molecule has 7 rings (SSSR count). The first-order valence-corrected chi connectivity index (χ1v) is 16.1. The van der Waals surface area contributed by atoms with Gasteiger partial charge in [0, 0.05) is 37.5 Å². The van der Waals surface area contributed by atoms with Gasteiger partial charge in [-0.1, -0.05) is 0 Å². The molecule has 10 nitrogen and oxygen atoms in total. The predicted octanol–water partition coefficient (Wildman–Crippen LogP) is 5.07. The van der Waals surface area contributed by atoms with E-state index in [1.807, 2.05) is 21.6 Å². The number of morpholine rings is 1. The van der Waals surface area contributed by atoms with Crippen LogP contribution >= 0.6 is 22.6 Å². The predicted molar refractivity (Wildman–Crippen MR) is 162 cm³/mol. The summed E-state index contributed by atoms with van der Waals surface area (Å²) in [4.78, 5) is 10.4. The summed E-state index contributed by atoms with van der Waals surface area (Å²) >= 11 is 2.38. The van der Waals surface area contributed by atoms with E-state index in [0.717, 1.165) is 97.7 Å². The maximum atomic E-state index is 6.23. The summed E-state index contributed by atoms with van der Waals surface area (Å²) in [7, 11) is 0. The van der Waals surface area contributed by atoms with Crippen molar-refractivity contribution in [1.29, 1.82) is 0 Å². The number of nitrogens with zero attached hydrogens (tertiary/aromatic N) is 7. The van der Waals surface area contributed by atoms with Gasteiger partial charge in [-0.3, -0.25) is 0 Å². The molecule has 11 heteroatoms. The smallest absolute Gasteiger partial charge is 0.177 e. The van der Waals surface area contributed by atoms with Crippen LogP contribution in [-0.2, 0) is 14.2 Å². The first kappa shape index (κ1) is 26.9. The number of aromatic nitrogens is 5. The molecule has 4 aliphatic rings. The number of hydrogen-bond acceptors (Lipinski definition) is 8. The van der Waals surface area contributed by atoms with Gasteiger partial charge in [-0.15, -0.1) is 0 Å². The van der Waals surface area contributed by atoms with E-state index in [4.69, 9.17) is 29.4 Å². The average molecular weight is 662 g/mol. The van der Waals surface area contributed by atoms with E-state index in [2.05, 4.69) is 59.2 Å². The Hall–Kier alpha value is -1.96. The molecule has 2 bridgehead atoms. The Bertz CT molecular complexity index is 1340. The van der Waals surface area contributed by atoms with Crippen LogP contribution in [0.3, 0.4) is 0 Å². The standard InChI is InChI=1S/C29H40IN7O3/c1-18(2)40-22-9-11-34(19(3)14-22)23-15-25(36-20-7-8-21(36)17-38-16-20)31-29-27(23)28(30)33-37(29)24-10-12-35(32-24)26-6-4-5-13-39-26/h10,12,15,18-22,26H,4-9,11,13-14,16-17H2,1-3H3/t19-,20?,21?,22?,26?/m1/s1. The van der Waals surface area contributed by atoms with Crippen LogP contribution < -0.4 is 9.80 Å². The maximum absolute atomic E-state index is 6.23. The highest BCUT2D eigenvalue weighted by molar-refractivity contribution is 14.1. The first-order chi connectivity index (χ1) is 19.5. The summed E-state index contributed by atoms with van der Waals surface area (Å²) in [5.74, 6) is 1.80. The number of pyridine rings is 1. The van der Waals surface area contributed by atoms with Gasteiger partial charge in [0.1, 0.15) is 15.7 Å². The van der Waals surface area contributed by atoms with E-state index >= 15 is 0 Å². The van der Waals surface area contributed by atoms with E-state index in [-0.39, 0.29) is 12.3 Å². The lowest BCUT2D eigenvalue weighted by Crippen LogP contribution is -2.47. The molecular formula is C29H40IN7O3. The van der Waals surface area contributed by atoms with Crippen molar-refractivity contribution >= 4 is 45.1 Å². The van der Waals surface area contributed by atoms with Gasteiger partial charge in [-0.2, -0.15) is 14.9 Å². The molecule has 0 saturated carbocycles. The number of halogens is 1. The van der Waals surface area contributed by atoms with Crippen molar-refractivity contribution in [3.63, 3.8) is 0 Å². The molecule has 4 aliphatic heterocycles. The summed E-state index contributed by atoms with van der Waals surface area (Å²) in [5.41, 5.74) is 2.08. The average Bonchev–Trinajstić information content (AvgIpc) is 3.63. The number of piperidine rings is 1. The lowest BCUT2D eigenvalue weighted by molar-refractivity contribution is -0.0395. The van der Waals surface area contributed by atoms with Gasteiger partial charge in [0.25, 0.3) is 0 Å². The fourth-order valence-corrected chi connectivity index (χ4v) is 7.83. The van der Waals surface area contributed by atoms with E-state index in [9.17, 15) is 0 Å². The lowest BCUT2D eigenvalue weighted by Gasteiger charge is -2.41. The van der Waals surface area contributed by atoms with Crippen molar-refractivity contribution < 1.29 is 14.2 Å². The summed E-state index contributed by atoms with van der Waals surface area (Å²) in [5, 5.41) is 11.1. The highest BCUT2D eigenvalue weighted by Gasteiger charge is 2.39. The Morgan fingerprint density at radius 1 is 1.05 bits per heavy atom. The van der Waals surface area contributed by atoms with E-state index < -0.39 is 0 Å². The van der Waals surface area contributed by atoms with Crippen LogP contribution in [-0.4, -0.2) is 81.2 Å². The molecule has 4 fully saturated rings. The van der Waals surface area contributed by atoms with Gasteiger partial charge in [-0.05, 0) is 88.3 Å². The summed E-state index contributed by atoms with van der Waals surface area (Å²) in [6, 6.07) is 5.44. The van der Waals surface area contributed by atoms with Crippen molar-refractivity contribution in [2.75, 3.05) is 36.2 Å². The van der Waals surface area contributed by atoms with Gasteiger partial charge in [0.15, 0.2) is 11.5 Å². The van der Waals surface area contributed by atoms with Crippen molar-refractivity contribution in [1.82, 2.24) is 24.5 Å². The topological polar surface area (TPSA) is 82.7 Å². The Morgan fingerprint density at radius 3 is 2.60 bits per heavy atom. The Labute approximate surface area is 249 Å². The van der Waals surface area contributed by atoms with E-state index in [1.54, 1.807) is 0 Å². The number of rotatable bonds is 6. The fourth-order valence-electron chi connectivity index (χ4n) is 7.09.